The zero-order chi connectivity index (χ0) is 35.0. The predicted molar refractivity (Wildman–Crippen MR) is 154 cm³/mol. The van der Waals surface area contributed by atoms with Crippen molar-refractivity contribution in [2.45, 2.75) is 60.8 Å². The van der Waals surface area contributed by atoms with E-state index >= 15 is 8.78 Å². The van der Waals surface area contributed by atoms with E-state index in [0.29, 0.717) is 19.3 Å². The number of imide groups is 2. The van der Waals surface area contributed by atoms with Gasteiger partial charge in [0.15, 0.2) is 33.0 Å². The number of aliphatic carboxylic acids is 1. The summed E-state index contributed by atoms with van der Waals surface area (Å²) in [7, 11) is 0. The predicted octanol–water partition coefficient (Wildman–Crippen LogP) is 4.68. The van der Waals surface area contributed by atoms with E-state index in [1.165, 1.54) is 18.2 Å². The summed E-state index contributed by atoms with van der Waals surface area (Å²) < 4.78 is 78.4. The van der Waals surface area contributed by atoms with Crippen molar-refractivity contribution in [1.29, 1.82) is 0 Å². The van der Waals surface area contributed by atoms with Crippen LogP contribution in [-0.4, -0.2) is 61.0 Å². The van der Waals surface area contributed by atoms with Crippen molar-refractivity contribution in [2.24, 2.45) is 17.8 Å². The molecule has 10 nitrogen and oxygen atoms in total. The number of furan rings is 1. The molecule has 4 aliphatic rings. The molecule has 0 bridgehead atoms. The summed E-state index contributed by atoms with van der Waals surface area (Å²) in [4.78, 5) is 61.7. The molecular weight excluding hydrogens is 694 g/mol. The summed E-state index contributed by atoms with van der Waals surface area (Å²) in [6.45, 7) is -0.649. The maximum absolute atomic E-state index is 15.1. The first-order valence-corrected chi connectivity index (χ1v) is 15.6. The van der Waals surface area contributed by atoms with E-state index in [1.54, 1.807) is 0 Å². The molecule has 4 amide bonds. The molecule has 0 spiro atoms. The monoisotopic (exact) mass is 718 g/mol. The number of anilines is 1. The first-order valence-electron chi connectivity index (χ1n) is 14.9. The highest BCUT2D eigenvalue weighted by Gasteiger charge is 2.77. The largest absolute Gasteiger partial charge is 0.481 e. The molecule has 3 fully saturated rings. The summed E-state index contributed by atoms with van der Waals surface area (Å²) in [5.41, 5.74) is -1.67. The minimum Gasteiger partial charge on any atom is -0.481 e. The van der Waals surface area contributed by atoms with Crippen LogP contribution in [0.5, 0.6) is 0 Å². The van der Waals surface area contributed by atoms with E-state index in [0.717, 1.165) is 4.90 Å². The molecule has 2 aliphatic carbocycles. The molecule has 256 valence electrons. The molecule has 0 radical (unpaired) electrons. The first-order chi connectivity index (χ1) is 22.6. The SMILES string of the molecule is O=C(O)CCCCCN1C(=O)[C@H]2[C@H](CC=C3[C@H]2C[C@@]2(Cl)C(=O)N(c4c(F)c(F)c(F)c(F)c4F)C(=O)[C@@]2(Cl)[C@H]3c2ccc(CO)o2)C1=O. The lowest BCUT2D eigenvalue weighted by Gasteiger charge is -2.49. The van der Waals surface area contributed by atoms with Crippen molar-refractivity contribution < 1.29 is 60.6 Å². The average Bonchev–Trinajstić information content (AvgIpc) is 3.66. The number of benzene rings is 1. The van der Waals surface area contributed by atoms with Gasteiger partial charge in [0.1, 0.15) is 23.8 Å². The molecule has 6 rings (SSSR count). The summed E-state index contributed by atoms with van der Waals surface area (Å²) in [6, 6.07) is 2.59. The number of aliphatic hydroxyl groups excluding tert-OH is 1. The number of halogens is 7. The third-order valence-corrected chi connectivity index (χ3v) is 11.1. The number of carboxylic acid groups (broad SMARTS) is 1. The molecule has 2 aliphatic heterocycles. The fourth-order valence-corrected chi connectivity index (χ4v) is 8.44. The van der Waals surface area contributed by atoms with Gasteiger partial charge in [0.2, 0.25) is 17.6 Å². The van der Waals surface area contributed by atoms with E-state index in [1.807, 2.05) is 0 Å². The van der Waals surface area contributed by atoms with Crippen LogP contribution in [-0.2, 0) is 30.6 Å². The van der Waals surface area contributed by atoms with Gasteiger partial charge in [0.25, 0.3) is 11.8 Å². The second kappa shape index (κ2) is 11.9. The Bertz CT molecular complexity index is 1790. The highest BCUT2D eigenvalue weighted by atomic mass is 35.5. The molecular formula is C31H25Cl2F5N2O8. The van der Waals surface area contributed by atoms with Crippen molar-refractivity contribution in [3.8, 4) is 0 Å². The van der Waals surface area contributed by atoms with Crippen molar-refractivity contribution in [2.75, 3.05) is 11.4 Å². The van der Waals surface area contributed by atoms with Gasteiger partial charge in [-0.15, -0.1) is 23.2 Å². The molecule has 2 N–H and O–H groups in total. The Morgan fingerprint density at radius 3 is 2.15 bits per heavy atom. The van der Waals surface area contributed by atoms with E-state index in [9.17, 15) is 42.3 Å². The first kappa shape index (κ1) is 34.1. The van der Waals surface area contributed by atoms with Crippen LogP contribution in [0, 0.1) is 46.8 Å². The lowest BCUT2D eigenvalue weighted by molar-refractivity contribution is -0.141. The average molecular weight is 719 g/mol. The van der Waals surface area contributed by atoms with Crippen molar-refractivity contribution in [3.63, 3.8) is 0 Å². The Hall–Kier alpha value is -3.82. The maximum atomic E-state index is 15.1. The van der Waals surface area contributed by atoms with Crippen LogP contribution in [0.2, 0.25) is 0 Å². The number of hydrogen-bond acceptors (Lipinski definition) is 7. The number of carboxylic acids is 1. The van der Waals surface area contributed by atoms with E-state index in [4.69, 9.17) is 32.7 Å². The van der Waals surface area contributed by atoms with Gasteiger partial charge in [0.05, 0.1) is 17.8 Å². The van der Waals surface area contributed by atoms with Gasteiger partial charge in [-0.25, -0.2) is 26.9 Å². The summed E-state index contributed by atoms with van der Waals surface area (Å²) in [5.74, 6) is -22.7. The smallest absolute Gasteiger partial charge is 0.303 e. The number of likely N-dealkylation sites (tertiary alicyclic amines) is 1. The number of nitrogens with zero attached hydrogens (tertiary/aromatic N) is 2. The molecule has 17 heteroatoms. The van der Waals surface area contributed by atoms with Gasteiger partial charge in [-0.3, -0.25) is 28.9 Å². The van der Waals surface area contributed by atoms with Gasteiger partial charge in [-0.1, -0.05) is 18.1 Å². The molecule has 2 aromatic rings. The lowest BCUT2D eigenvalue weighted by Crippen LogP contribution is -2.60. The van der Waals surface area contributed by atoms with Gasteiger partial charge in [-0.05, 0) is 43.7 Å². The van der Waals surface area contributed by atoms with Crippen LogP contribution in [0.1, 0.15) is 56.0 Å². The highest BCUT2D eigenvalue weighted by Crippen LogP contribution is 2.66. The molecule has 6 atom stereocenters. The van der Waals surface area contributed by atoms with E-state index in [2.05, 4.69) is 0 Å². The Balaban J connectivity index is 1.45. The zero-order valence-corrected chi connectivity index (χ0v) is 26.1. The second-order valence-electron chi connectivity index (χ2n) is 12.2. The van der Waals surface area contributed by atoms with Crippen LogP contribution >= 0.6 is 23.2 Å². The lowest BCUT2D eigenvalue weighted by atomic mass is 9.57. The summed E-state index contributed by atoms with van der Waals surface area (Å²) >= 11 is 14.0. The van der Waals surface area contributed by atoms with Crippen LogP contribution in [0.15, 0.2) is 28.2 Å². The quantitative estimate of drug-likeness (QED) is 0.0724. The van der Waals surface area contributed by atoms with Crippen molar-refractivity contribution >= 4 is 58.5 Å². The third kappa shape index (κ3) is 4.64. The molecule has 48 heavy (non-hydrogen) atoms. The molecule has 1 saturated carbocycles. The topological polar surface area (TPSA) is 145 Å². The number of rotatable bonds is 9. The van der Waals surface area contributed by atoms with Crippen LogP contribution in [0.4, 0.5) is 27.6 Å². The molecule has 1 aromatic carbocycles. The fraction of sp³-hybridized carbons (Fsp3) is 0.452. The standard InChI is InChI=1S/C31H25Cl2F5N2O8/c32-30-10-15-13(6-7-14-18(15)27(45)39(26(14)44)9-3-1-2-4-17(42)43)19(16-8-5-12(11-41)48-16)31(30,33)29(47)40(28(30)46)25-23(37)21(35)20(34)22(36)24(25)38/h5-6,8,14-15,18-19,41H,1-4,7,9-11H2,(H,42,43)/t14-,15+,18-,19+,30+,31-/m0/s1. The summed E-state index contributed by atoms with van der Waals surface area (Å²) in [5, 5.41) is 18.5. The molecule has 3 heterocycles. The Morgan fingerprint density at radius 1 is 0.896 bits per heavy atom. The van der Waals surface area contributed by atoms with Crippen LogP contribution in [0.25, 0.3) is 0 Å². The number of unbranched alkanes of at least 4 members (excludes halogenated alkanes) is 2. The van der Waals surface area contributed by atoms with Crippen LogP contribution in [0.3, 0.4) is 0 Å². The minimum atomic E-state index is -2.72. The van der Waals surface area contributed by atoms with Crippen LogP contribution < -0.4 is 4.90 Å². The Morgan fingerprint density at radius 2 is 1.54 bits per heavy atom. The number of aliphatic hydroxyl groups is 1. The maximum Gasteiger partial charge on any atom is 0.303 e. The van der Waals surface area contributed by atoms with E-state index in [-0.39, 0.29) is 41.4 Å². The normalized spacial score (nSPS) is 29.7. The van der Waals surface area contributed by atoms with Gasteiger partial charge in [0, 0.05) is 13.0 Å². The van der Waals surface area contributed by atoms with Crippen molar-refractivity contribution in [1.82, 2.24) is 4.90 Å². The van der Waals surface area contributed by atoms with Gasteiger partial charge in [-0.2, -0.15) is 0 Å². The van der Waals surface area contributed by atoms with Crippen molar-refractivity contribution in [3.05, 3.63) is 64.4 Å². The number of allylic oxidation sites excluding steroid dienone is 2. The third-order valence-electron chi connectivity index (χ3n) is 9.71. The Kier molecular flexibility index (Phi) is 8.48. The number of alkyl halides is 2. The number of hydrogen-bond donors (Lipinski definition) is 2. The highest BCUT2D eigenvalue weighted by molar-refractivity contribution is 6.58. The minimum absolute atomic E-state index is 0.0231. The number of fused-ring (bicyclic) bond motifs is 4. The fourth-order valence-electron chi connectivity index (χ4n) is 7.52. The summed E-state index contributed by atoms with van der Waals surface area (Å²) in [6.07, 6.45) is 1.77. The molecule has 0 unspecified atom stereocenters. The number of amides is 4. The molecule has 1 aromatic heterocycles. The van der Waals surface area contributed by atoms with E-state index < -0.39 is 111 Å². The Labute approximate surface area is 278 Å². The molecule has 2 saturated heterocycles. The number of carbonyl (C=O) groups is 5. The zero-order valence-electron chi connectivity index (χ0n) is 24.6. The van der Waals surface area contributed by atoms with Gasteiger partial charge < -0.3 is 14.6 Å². The number of carbonyl (C=O) groups excluding carboxylic acids is 4. The second-order valence-corrected chi connectivity index (χ2v) is 13.4. The van der Waals surface area contributed by atoms with Gasteiger partial charge >= 0.3 is 5.97 Å².